The quantitative estimate of drug-likeness (QED) is 0.182. The van der Waals surface area contributed by atoms with Gasteiger partial charge in [-0.25, -0.2) is 0 Å². The van der Waals surface area contributed by atoms with E-state index in [1.54, 1.807) is 12.1 Å². The molecule has 0 saturated carbocycles. The summed E-state index contributed by atoms with van der Waals surface area (Å²) in [5.41, 5.74) is 3.98. The average molecular weight is 517 g/mol. The smallest absolute Gasteiger partial charge is 0.293 e. The second-order valence-corrected chi connectivity index (χ2v) is 10.1. The normalized spacial score (nSPS) is 14.8. The van der Waals surface area contributed by atoms with Crippen molar-refractivity contribution in [3.05, 3.63) is 106 Å². The van der Waals surface area contributed by atoms with E-state index < -0.39 is 0 Å². The molecule has 5 nitrogen and oxygen atoms in total. The van der Waals surface area contributed by atoms with Crippen molar-refractivity contribution in [3.63, 3.8) is 0 Å². The van der Waals surface area contributed by atoms with E-state index in [2.05, 4.69) is 10.6 Å². The fraction of sp³-hybridized carbons (Fsp3) is 0.172. The molecule has 0 atom stereocenters. The Morgan fingerprint density at radius 3 is 2.53 bits per heavy atom. The standard InChI is InChI=1S/C29H25ClN2O3S/c1-20-7-2-5-10-26(20)35-16-6-15-31-19-22(24-8-3-4-9-25(24)31)17-27-28(33)32(29(34)36-27)18-21-11-13-23(30)14-12-21/h2-5,7-14,17,19H,6,15-16,18H2,1H3/b27-17-. The van der Waals surface area contributed by atoms with E-state index >= 15 is 0 Å². The lowest BCUT2D eigenvalue weighted by Crippen LogP contribution is -2.27. The highest BCUT2D eigenvalue weighted by Gasteiger charge is 2.35. The average Bonchev–Trinajstić information content (AvgIpc) is 3.36. The van der Waals surface area contributed by atoms with Crippen molar-refractivity contribution in [2.45, 2.75) is 26.4 Å². The van der Waals surface area contributed by atoms with E-state index in [-0.39, 0.29) is 17.7 Å². The van der Waals surface area contributed by atoms with E-state index in [4.69, 9.17) is 16.3 Å². The highest BCUT2D eigenvalue weighted by Crippen LogP contribution is 2.35. The van der Waals surface area contributed by atoms with Crippen molar-refractivity contribution in [1.29, 1.82) is 0 Å². The molecule has 182 valence electrons. The second-order valence-electron chi connectivity index (χ2n) is 8.66. The molecule has 0 bridgehead atoms. The third-order valence-corrected chi connectivity index (χ3v) is 7.29. The van der Waals surface area contributed by atoms with Crippen molar-refractivity contribution in [2.24, 2.45) is 0 Å². The number of carbonyl (C=O) groups excluding carboxylic acids is 2. The molecule has 5 rings (SSSR count). The van der Waals surface area contributed by atoms with Gasteiger partial charge in [-0.05, 0) is 66.6 Å². The van der Waals surface area contributed by atoms with Crippen molar-refractivity contribution < 1.29 is 14.3 Å². The van der Waals surface area contributed by atoms with Gasteiger partial charge < -0.3 is 9.30 Å². The van der Waals surface area contributed by atoms with Crippen LogP contribution in [0.4, 0.5) is 4.79 Å². The SMILES string of the molecule is Cc1ccccc1OCCCn1cc(/C=C2\SC(=O)N(Cc3ccc(Cl)cc3)C2=O)c2ccccc21. The van der Waals surface area contributed by atoms with E-state index in [0.717, 1.165) is 58.1 Å². The molecule has 0 unspecified atom stereocenters. The molecule has 1 saturated heterocycles. The first-order valence-electron chi connectivity index (χ1n) is 11.8. The summed E-state index contributed by atoms with van der Waals surface area (Å²) in [6, 6.07) is 23.3. The molecule has 7 heteroatoms. The Labute approximate surface area is 219 Å². The van der Waals surface area contributed by atoms with Crippen LogP contribution in [0.3, 0.4) is 0 Å². The topological polar surface area (TPSA) is 51.5 Å². The number of ether oxygens (including phenoxy) is 1. The number of imide groups is 1. The lowest BCUT2D eigenvalue weighted by Gasteiger charge is -2.12. The maximum atomic E-state index is 13.1. The minimum atomic E-state index is -0.275. The zero-order valence-electron chi connectivity index (χ0n) is 19.8. The Balaban J connectivity index is 1.31. The number of halogens is 1. The lowest BCUT2D eigenvalue weighted by atomic mass is 10.1. The molecule has 4 aromatic rings. The van der Waals surface area contributed by atoms with Crippen molar-refractivity contribution in [3.8, 4) is 5.75 Å². The molecule has 3 aromatic carbocycles. The Kier molecular flexibility index (Phi) is 7.16. The molecule has 0 spiro atoms. The number of nitrogens with zero attached hydrogens (tertiary/aromatic N) is 2. The van der Waals surface area contributed by atoms with Gasteiger partial charge >= 0.3 is 0 Å². The number of hydrogen-bond donors (Lipinski definition) is 0. The van der Waals surface area contributed by atoms with Gasteiger partial charge in [-0.3, -0.25) is 14.5 Å². The number of aromatic nitrogens is 1. The van der Waals surface area contributed by atoms with Crippen molar-refractivity contribution in [1.82, 2.24) is 9.47 Å². The van der Waals surface area contributed by atoms with Gasteiger partial charge in [0, 0.05) is 34.2 Å². The first kappa shape index (κ1) is 24.2. The summed E-state index contributed by atoms with van der Waals surface area (Å²) in [5, 5.41) is 1.39. The first-order valence-corrected chi connectivity index (χ1v) is 12.9. The number of benzene rings is 3. The van der Waals surface area contributed by atoms with Gasteiger partial charge in [-0.1, -0.05) is 60.1 Å². The summed E-state index contributed by atoms with van der Waals surface area (Å²) >= 11 is 6.93. The summed E-state index contributed by atoms with van der Waals surface area (Å²) in [4.78, 5) is 27.4. The number of fused-ring (bicyclic) bond motifs is 1. The number of hydrogen-bond acceptors (Lipinski definition) is 4. The molecule has 1 aromatic heterocycles. The fourth-order valence-corrected chi connectivity index (χ4v) is 5.22. The molecular formula is C29H25ClN2O3S. The van der Waals surface area contributed by atoms with Crippen LogP contribution in [0.15, 0.2) is 83.9 Å². The van der Waals surface area contributed by atoms with Crippen LogP contribution in [-0.2, 0) is 17.9 Å². The maximum absolute atomic E-state index is 13.1. The number of rotatable bonds is 8. The van der Waals surface area contributed by atoms with Crippen LogP contribution in [-0.4, -0.2) is 27.2 Å². The number of aryl methyl sites for hydroxylation is 2. The summed E-state index contributed by atoms with van der Waals surface area (Å²) in [6.45, 7) is 3.65. The molecule has 1 fully saturated rings. The monoisotopic (exact) mass is 516 g/mol. The maximum Gasteiger partial charge on any atom is 0.293 e. The zero-order valence-corrected chi connectivity index (χ0v) is 21.4. The van der Waals surface area contributed by atoms with Crippen LogP contribution < -0.4 is 4.74 Å². The minimum absolute atomic E-state index is 0.224. The number of amides is 2. The van der Waals surface area contributed by atoms with Gasteiger partial charge in [0.05, 0.1) is 18.1 Å². The zero-order chi connectivity index (χ0) is 25.1. The predicted molar refractivity (Wildman–Crippen MR) is 146 cm³/mol. The van der Waals surface area contributed by atoms with E-state index in [9.17, 15) is 9.59 Å². The van der Waals surface area contributed by atoms with Gasteiger partial charge in [-0.2, -0.15) is 0 Å². The van der Waals surface area contributed by atoms with Crippen LogP contribution in [0.5, 0.6) is 5.75 Å². The van der Waals surface area contributed by atoms with Crippen LogP contribution >= 0.6 is 23.4 Å². The van der Waals surface area contributed by atoms with Crippen molar-refractivity contribution in [2.75, 3.05) is 6.61 Å². The van der Waals surface area contributed by atoms with Gasteiger partial charge in [0.25, 0.3) is 11.1 Å². The van der Waals surface area contributed by atoms with Gasteiger partial charge in [0.2, 0.25) is 0 Å². The summed E-state index contributed by atoms with van der Waals surface area (Å²) < 4.78 is 8.14. The number of thioether (sulfide) groups is 1. The summed E-state index contributed by atoms with van der Waals surface area (Å²) in [5.74, 6) is 0.633. The molecule has 0 N–H and O–H groups in total. The predicted octanol–water partition coefficient (Wildman–Crippen LogP) is 7.31. The number of para-hydroxylation sites is 2. The van der Waals surface area contributed by atoms with Crippen LogP contribution in [0, 0.1) is 6.92 Å². The molecule has 2 amide bonds. The highest BCUT2D eigenvalue weighted by molar-refractivity contribution is 8.18. The van der Waals surface area contributed by atoms with Gasteiger partial charge in [-0.15, -0.1) is 0 Å². The van der Waals surface area contributed by atoms with Crippen molar-refractivity contribution >= 4 is 51.5 Å². The molecule has 2 heterocycles. The Hall–Kier alpha value is -3.48. The van der Waals surface area contributed by atoms with E-state index in [0.29, 0.717) is 16.5 Å². The van der Waals surface area contributed by atoms with Gasteiger partial charge in [0.15, 0.2) is 0 Å². The third kappa shape index (κ3) is 5.20. The fourth-order valence-electron chi connectivity index (χ4n) is 4.26. The van der Waals surface area contributed by atoms with E-state index in [1.165, 1.54) is 4.90 Å². The summed E-state index contributed by atoms with van der Waals surface area (Å²) in [6.07, 6.45) is 4.71. The molecule has 1 aliphatic heterocycles. The molecular weight excluding hydrogens is 492 g/mol. The highest BCUT2D eigenvalue weighted by atomic mass is 35.5. The third-order valence-electron chi connectivity index (χ3n) is 6.13. The van der Waals surface area contributed by atoms with Gasteiger partial charge in [0.1, 0.15) is 5.75 Å². The Morgan fingerprint density at radius 1 is 0.972 bits per heavy atom. The van der Waals surface area contributed by atoms with Crippen LogP contribution in [0.2, 0.25) is 5.02 Å². The Bertz CT molecular complexity index is 1460. The second kappa shape index (κ2) is 10.6. The first-order chi connectivity index (χ1) is 17.5. The molecule has 0 radical (unpaired) electrons. The van der Waals surface area contributed by atoms with Crippen LogP contribution in [0.25, 0.3) is 17.0 Å². The minimum Gasteiger partial charge on any atom is -0.493 e. The molecule has 36 heavy (non-hydrogen) atoms. The number of carbonyl (C=O) groups is 2. The van der Waals surface area contributed by atoms with E-state index in [1.807, 2.05) is 73.8 Å². The summed E-state index contributed by atoms with van der Waals surface area (Å²) in [7, 11) is 0. The lowest BCUT2D eigenvalue weighted by molar-refractivity contribution is -0.123. The molecule has 1 aliphatic rings. The Morgan fingerprint density at radius 2 is 1.72 bits per heavy atom. The molecule has 0 aliphatic carbocycles. The largest absolute Gasteiger partial charge is 0.493 e. The van der Waals surface area contributed by atoms with Crippen LogP contribution in [0.1, 0.15) is 23.1 Å².